The van der Waals surface area contributed by atoms with Crippen LogP contribution in [0.2, 0.25) is 0 Å². The van der Waals surface area contributed by atoms with E-state index < -0.39 is 0 Å². The van der Waals surface area contributed by atoms with Crippen molar-refractivity contribution in [2.24, 2.45) is 5.92 Å². The highest BCUT2D eigenvalue weighted by Crippen LogP contribution is 2.29. The average Bonchev–Trinajstić information content (AvgIpc) is 3.10. The molecule has 2 aromatic rings. The quantitative estimate of drug-likeness (QED) is 0.832. The molecule has 0 N–H and O–H groups in total. The zero-order valence-electron chi connectivity index (χ0n) is 14.2. The second kappa shape index (κ2) is 7.46. The number of amides is 1. The molecule has 132 valence electrons. The number of methoxy groups -OCH3 is 2. The maximum atomic E-state index is 13.0. The second-order valence-corrected chi connectivity index (χ2v) is 6.00. The summed E-state index contributed by atoms with van der Waals surface area (Å²) < 4.78 is 23.4. The Hall–Kier alpha value is -2.70. The number of hydrogen-bond acceptors (Lipinski definition) is 5. The molecule has 2 heterocycles. The van der Waals surface area contributed by atoms with E-state index in [9.17, 15) is 9.18 Å². The molecule has 1 aromatic heterocycles. The Morgan fingerprint density at radius 2 is 1.84 bits per heavy atom. The third-order valence-corrected chi connectivity index (χ3v) is 4.39. The summed E-state index contributed by atoms with van der Waals surface area (Å²) in [6, 6.07) is 6.50. The molecule has 1 aliphatic rings. The molecule has 1 unspecified atom stereocenters. The third-order valence-electron chi connectivity index (χ3n) is 4.39. The van der Waals surface area contributed by atoms with Gasteiger partial charge < -0.3 is 14.4 Å². The van der Waals surface area contributed by atoms with Crippen molar-refractivity contribution in [2.45, 2.75) is 12.8 Å². The smallest absolute Gasteiger partial charge is 0.264 e. The summed E-state index contributed by atoms with van der Waals surface area (Å²) in [5.74, 6) is 0.305. The summed E-state index contributed by atoms with van der Waals surface area (Å²) in [4.78, 5) is 22.6. The Balaban J connectivity index is 1.71. The first-order valence-corrected chi connectivity index (χ1v) is 8.09. The molecule has 1 aromatic carbocycles. The van der Waals surface area contributed by atoms with Gasteiger partial charge in [0, 0.05) is 13.1 Å². The molecule has 1 aliphatic heterocycles. The van der Waals surface area contributed by atoms with Gasteiger partial charge in [-0.1, -0.05) is 12.1 Å². The number of aromatic nitrogens is 2. The molecule has 0 saturated carbocycles. The third kappa shape index (κ3) is 3.70. The minimum atomic E-state index is -0.241. The molecule has 1 fully saturated rings. The van der Waals surface area contributed by atoms with Crippen molar-refractivity contribution in [1.29, 1.82) is 0 Å². The van der Waals surface area contributed by atoms with Gasteiger partial charge in [-0.3, -0.25) is 4.79 Å². The van der Waals surface area contributed by atoms with Crippen molar-refractivity contribution in [3.05, 3.63) is 47.5 Å². The fraction of sp³-hybridized carbons (Fsp3) is 0.389. The number of carbonyl (C=O) groups excluding carboxylic acids is 1. The van der Waals surface area contributed by atoms with E-state index >= 15 is 0 Å². The highest BCUT2D eigenvalue weighted by Gasteiger charge is 2.31. The number of benzene rings is 1. The number of halogens is 1. The van der Waals surface area contributed by atoms with E-state index in [0.29, 0.717) is 19.0 Å². The van der Waals surface area contributed by atoms with Crippen molar-refractivity contribution in [2.75, 3.05) is 27.3 Å². The number of ether oxygens (including phenoxy) is 2. The normalized spacial score (nSPS) is 16.8. The minimum absolute atomic E-state index is 0.198. The van der Waals surface area contributed by atoms with Gasteiger partial charge in [0.2, 0.25) is 11.8 Å². The van der Waals surface area contributed by atoms with Crippen LogP contribution in [0.3, 0.4) is 0 Å². The molecule has 0 bridgehead atoms. The molecule has 1 saturated heterocycles. The van der Waals surface area contributed by atoms with E-state index in [1.54, 1.807) is 17.0 Å². The summed E-state index contributed by atoms with van der Waals surface area (Å²) in [6.45, 7) is 1.27. The first-order valence-electron chi connectivity index (χ1n) is 8.09. The molecular weight excluding hydrogens is 325 g/mol. The molecule has 7 heteroatoms. The van der Waals surface area contributed by atoms with Crippen LogP contribution in [-0.4, -0.2) is 48.1 Å². The summed E-state index contributed by atoms with van der Waals surface area (Å²) >= 11 is 0. The summed E-state index contributed by atoms with van der Waals surface area (Å²) in [6.07, 6.45) is 3.00. The van der Waals surface area contributed by atoms with Crippen molar-refractivity contribution in [3.8, 4) is 11.8 Å². The lowest BCUT2D eigenvalue weighted by molar-refractivity contribution is 0.0778. The number of nitrogens with zero attached hydrogens (tertiary/aromatic N) is 3. The van der Waals surface area contributed by atoms with Gasteiger partial charge >= 0.3 is 0 Å². The van der Waals surface area contributed by atoms with Crippen LogP contribution in [-0.2, 0) is 6.42 Å². The molecule has 0 aliphatic carbocycles. The molecule has 3 rings (SSSR count). The van der Waals surface area contributed by atoms with Crippen molar-refractivity contribution in [1.82, 2.24) is 14.9 Å². The van der Waals surface area contributed by atoms with Crippen LogP contribution in [0.15, 0.2) is 30.6 Å². The highest BCUT2D eigenvalue weighted by molar-refractivity contribution is 5.98. The standard InChI is InChI=1S/C18H20FN3O3/c1-24-16-15(17(25-2)21-11-20-16)18(23)22-8-7-13(10-22)9-12-3-5-14(19)6-4-12/h3-6,11,13H,7-10H2,1-2H3. The fourth-order valence-electron chi connectivity index (χ4n) is 3.14. The SMILES string of the molecule is COc1ncnc(OC)c1C(=O)N1CCC(Cc2ccc(F)cc2)C1. The molecular formula is C18H20FN3O3. The zero-order chi connectivity index (χ0) is 17.8. The number of carbonyl (C=O) groups is 1. The van der Waals surface area contributed by atoms with E-state index in [1.165, 1.54) is 32.7 Å². The van der Waals surface area contributed by atoms with Gasteiger partial charge in [0.1, 0.15) is 12.1 Å². The molecule has 1 atom stereocenters. The highest BCUT2D eigenvalue weighted by atomic mass is 19.1. The van der Waals surface area contributed by atoms with E-state index in [4.69, 9.17) is 9.47 Å². The zero-order valence-corrected chi connectivity index (χ0v) is 14.2. The number of likely N-dealkylation sites (tertiary alicyclic amines) is 1. The molecule has 1 amide bonds. The predicted octanol–water partition coefficient (Wildman–Crippen LogP) is 2.34. The fourth-order valence-corrected chi connectivity index (χ4v) is 3.14. The summed E-state index contributed by atoms with van der Waals surface area (Å²) in [5, 5.41) is 0. The Labute approximate surface area is 145 Å². The largest absolute Gasteiger partial charge is 0.480 e. The second-order valence-electron chi connectivity index (χ2n) is 6.00. The Kier molecular flexibility index (Phi) is 5.11. The van der Waals surface area contributed by atoms with E-state index in [-0.39, 0.29) is 29.0 Å². The summed E-state index contributed by atoms with van der Waals surface area (Å²) in [7, 11) is 2.92. The Bertz CT molecular complexity index is 729. The van der Waals surface area contributed by atoms with Crippen molar-refractivity contribution < 1.29 is 18.7 Å². The van der Waals surface area contributed by atoms with Gasteiger partial charge in [-0.2, -0.15) is 0 Å². The maximum Gasteiger partial charge on any atom is 0.264 e. The van der Waals surface area contributed by atoms with Gasteiger partial charge in [-0.15, -0.1) is 0 Å². The molecule has 0 radical (unpaired) electrons. The number of hydrogen-bond donors (Lipinski definition) is 0. The van der Waals surface area contributed by atoms with Gasteiger partial charge in [0.25, 0.3) is 5.91 Å². The van der Waals surface area contributed by atoms with E-state index in [2.05, 4.69) is 9.97 Å². The monoisotopic (exact) mass is 345 g/mol. The maximum absolute atomic E-state index is 13.0. The molecule has 25 heavy (non-hydrogen) atoms. The van der Waals surface area contributed by atoms with Crippen LogP contribution in [0.5, 0.6) is 11.8 Å². The van der Waals surface area contributed by atoms with Crippen LogP contribution in [0.25, 0.3) is 0 Å². The van der Waals surface area contributed by atoms with Crippen LogP contribution < -0.4 is 9.47 Å². The Morgan fingerprint density at radius 1 is 1.20 bits per heavy atom. The first-order chi connectivity index (χ1) is 12.1. The topological polar surface area (TPSA) is 64.6 Å². The van der Waals surface area contributed by atoms with Gasteiger partial charge in [0.05, 0.1) is 14.2 Å². The lowest BCUT2D eigenvalue weighted by Gasteiger charge is -2.18. The minimum Gasteiger partial charge on any atom is -0.480 e. The van der Waals surface area contributed by atoms with Crippen molar-refractivity contribution in [3.63, 3.8) is 0 Å². The first kappa shape index (κ1) is 17.1. The van der Waals surface area contributed by atoms with E-state index in [1.807, 2.05) is 0 Å². The van der Waals surface area contributed by atoms with Crippen LogP contribution in [0.1, 0.15) is 22.3 Å². The van der Waals surface area contributed by atoms with Crippen molar-refractivity contribution >= 4 is 5.91 Å². The van der Waals surface area contributed by atoms with Crippen LogP contribution >= 0.6 is 0 Å². The van der Waals surface area contributed by atoms with Crippen LogP contribution in [0, 0.1) is 11.7 Å². The molecule has 0 spiro atoms. The lowest BCUT2D eigenvalue weighted by Crippen LogP contribution is -2.30. The van der Waals surface area contributed by atoms with Gasteiger partial charge in [-0.05, 0) is 36.5 Å². The number of rotatable bonds is 5. The van der Waals surface area contributed by atoms with Gasteiger partial charge in [0.15, 0.2) is 5.56 Å². The summed E-state index contributed by atoms with van der Waals surface area (Å²) in [5.41, 5.74) is 1.31. The van der Waals surface area contributed by atoms with Gasteiger partial charge in [-0.25, -0.2) is 14.4 Å². The van der Waals surface area contributed by atoms with Crippen LogP contribution in [0.4, 0.5) is 4.39 Å². The average molecular weight is 345 g/mol. The van der Waals surface area contributed by atoms with E-state index in [0.717, 1.165) is 18.4 Å². The lowest BCUT2D eigenvalue weighted by atomic mass is 9.99. The predicted molar refractivity (Wildman–Crippen MR) is 89.3 cm³/mol. The Morgan fingerprint density at radius 3 is 2.44 bits per heavy atom. The molecule has 6 nitrogen and oxygen atoms in total.